The van der Waals surface area contributed by atoms with Gasteiger partial charge < -0.3 is 15.0 Å². The van der Waals surface area contributed by atoms with Crippen LogP contribution in [0.5, 0.6) is 0 Å². The molecule has 3 rings (SSSR count). The monoisotopic (exact) mass is 319 g/mol. The molecule has 1 aromatic heterocycles. The summed E-state index contributed by atoms with van der Waals surface area (Å²) < 4.78 is 0. The van der Waals surface area contributed by atoms with Gasteiger partial charge in [0.1, 0.15) is 6.04 Å². The first-order valence-electron chi connectivity index (χ1n) is 7.87. The molecular weight excluding hydrogens is 298 g/mol. The van der Waals surface area contributed by atoms with Gasteiger partial charge in [0.15, 0.2) is 5.78 Å². The van der Waals surface area contributed by atoms with Gasteiger partial charge in [-0.1, -0.05) is 0 Å². The topological polar surface area (TPSA) is 93.7 Å². The summed E-state index contributed by atoms with van der Waals surface area (Å²) in [5.74, 6) is -1.17. The Bertz CT molecular complexity index is 679. The lowest BCUT2D eigenvalue weighted by Gasteiger charge is -2.37. The molecule has 7 heteroatoms. The van der Waals surface area contributed by atoms with Crippen LogP contribution in [0.4, 0.5) is 0 Å². The molecule has 0 saturated carbocycles. The Morgan fingerprint density at radius 2 is 2.00 bits per heavy atom. The van der Waals surface area contributed by atoms with E-state index in [1.165, 1.54) is 0 Å². The zero-order valence-corrected chi connectivity index (χ0v) is 13.4. The second kappa shape index (κ2) is 5.81. The van der Waals surface area contributed by atoms with Gasteiger partial charge in [0.25, 0.3) is 5.91 Å². The van der Waals surface area contributed by atoms with E-state index >= 15 is 0 Å². The summed E-state index contributed by atoms with van der Waals surface area (Å²) in [5, 5.41) is 9.29. The van der Waals surface area contributed by atoms with E-state index in [1.807, 2.05) is 0 Å². The summed E-state index contributed by atoms with van der Waals surface area (Å²) in [6, 6.07) is -0.710. The van der Waals surface area contributed by atoms with Crippen molar-refractivity contribution in [2.24, 2.45) is 0 Å². The lowest BCUT2D eigenvalue weighted by Crippen LogP contribution is -2.56. The predicted molar refractivity (Wildman–Crippen MR) is 82.8 cm³/mol. The Labute approximate surface area is 134 Å². The number of aliphatic carboxylic acids is 1. The molecule has 0 spiro atoms. The molecule has 1 saturated heterocycles. The second-order valence-corrected chi connectivity index (χ2v) is 6.34. The molecular formula is C16H21N3O4. The fourth-order valence-electron chi connectivity index (χ4n) is 3.49. The Morgan fingerprint density at radius 3 is 2.70 bits per heavy atom. The number of aromatic nitrogens is 1. The van der Waals surface area contributed by atoms with Gasteiger partial charge in [0, 0.05) is 37.4 Å². The van der Waals surface area contributed by atoms with Crippen molar-refractivity contribution in [2.75, 3.05) is 26.7 Å². The molecule has 124 valence electrons. The zero-order chi connectivity index (χ0) is 16.7. The van der Waals surface area contributed by atoms with Gasteiger partial charge in [-0.25, -0.2) is 0 Å². The fourth-order valence-corrected chi connectivity index (χ4v) is 3.49. The minimum atomic E-state index is -0.936. The van der Waals surface area contributed by atoms with Crippen molar-refractivity contribution in [3.8, 4) is 0 Å². The smallest absolute Gasteiger partial charge is 0.322 e. The summed E-state index contributed by atoms with van der Waals surface area (Å²) in [4.78, 5) is 42.9. The number of aromatic amines is 1. The second-order valence-electron chi connectivity index (χ2n) is 6.34. The van der Waals surface area contributed by atoms with E-state index in [9.17, 15) is 19.5 Å². The molecule has 1 atom stereocenters. The van der Waals surface area contributed by atoms with Crippen LogP contribution in [0, 0.1) is 6.92 Å². The number of carboxylic acid groups (broad SMARTS) is 1. The molecule has 1 aliphatic heterocycles. The highest BCUT2D eigenvalue weighted by Crippen LogP contribution is 2.28. The number of carbonyl (C=O) groups is 3. The van der Waals surface area contributed by atoms with Crippen molar-refractivity contribution in [3.05, 3.63) is 22.5 Å². The summed E-state index contributed by atoms with van der Waals surface area (Å²) >= 11 is 0. The quantitative estimate of drug-likeness (QED) is 0.836. The molecule has 1 amide bonds. The Kier molecular flexibility index (Phi) is 3.97. The SMILES string of the molecule is Cc1[nH]c2c(c1C(=O)N1CCN(C)[C@@H](C(=O)O)C1)C(=O)CCC2. The van der Waals surface area contributed by atoms with Gasteiger partial charge in [0.2, 0.25) is 0 Å². The summed E-state index contributed by atoms with van der Waals surface area (Å²) in [7, 11) is 1.74. The van der Waals surface area contributed by atoms with E-state index in [2.05, 4.69) is 4.98 Å². The molecule has 23 heavy (non-hydrogen) atoms. The van der Waals surface area contributed by atoms with E-state index in [4.69, 9.17) is 0 Å². The maximum absolute atomic E-state index is 12.9. The third-order valence-corrected chi connectivity index (χ3v) is 4.81. The standard InChI is InChI=1S/C16H21N3O4/c1-9-13(14-10(17-9)4-3-5-12(14)20)15(21)19-7-6-18(2)11(8-19)16(22)23/h11,17H,3-8H2,1-2H3,(H,22,23)/t11-/m1/s1. The number of fused-ring (bicyclic) bond motifs is 1. The number of Topliss-reactive ketones (excluding diaryl/α,β-unsaturated/α-hetero) is 1. The Morgan fingerprint density at radius 1 is 1.26 bits per heavy atom. The van der Waals surface area contributed by atoms with E-state index in [1.54, 1.807) is 23.8 Å². The summed E-state index contributed by atoms with van der Waals surface area (Å²) in [5.41, 5.74) is 2.48. The van der Waals surface area contributed by atoms with Crippen molar-refractivity contribution in [2.45, 2.75) is 32.2 Å². The number of likely N-dealkylation sites (N-methyl/N-ethyl adjacent to an activating group) is 1. The number of carboxylic acids is 1. The number of rotatable bonds is 2. The van der Waals surface area contributed by atoms with E-state index in [0.29, 0.717) is 36.3 Å². The number of hydrogen-bond donors (Lipinski definition) is 2. The van der Waals surface area contributed by atoms with E-state index in [0.717, 1.165) is 18.5 Å². The van der Waals surface area contributed by atoms with Crippen LogP contribution in [-0.4, -0.2) is 70.3 Å². The van der Waals surface area contributed by atoms with Crippen molar-refractivity contribution in [1.82, 2.24) is 14.8 Å². The molecule has 2 heterocycles. The highest BCUT2D eigenvalue weighted by Gasteiger charge is 2.36. The van der Waals surface area contributed by atoms with Crippen LogP contribution < -0.4 is 0 Å². The molecule has 7 nitrogen and oxygen atoms in total. The maximum atomic E-state index is 12.9. The van der Waals surface area contributed by atoms with E-state index < -0.39 is 12.0 Å². The first-order chi connectivity index (χ1) is 10.9. The number of ketones is 1. The number of nitrogens with zero attached hydrogens (tertiary/aromatic N) is 2. The van der Waals surface area contributed by atoms with Gasteiger partial charge in [0.05, 0.1) is 11.1 Å². The summed E-state index contributed by atoms with van der Waals surface area (Å²) in [6.07, 6.45) is 2.04. The average Bonchev–Trinajstić information content (AvgIpc) is 2.84. The Balaban J connectivity index is 1.91. The highest BCUT2D eigenvalue weighted by atomic mass is 16.4. The molecule has 0 bridgehead atoms. The largest absolute Gasteiger partial charge is 0.480 e. The van der Waals surface area contributed by atoms with Crippen LogP contribution in [0.3, 0.4) is 0 Å². The number of hydrogen-bond acceptors (Lipinski definition) is 4. The molecule has 0 aromatic carbocycles. The van der Waals surface area contributed by atoms with Crippen molar-refractivity contribution < 1.29 is 19.5 Å². The molecule has 1 aromatic rings. The van der Waals surface area contributed by atoms with Crippen LogP contribution in [0.15, 0.2) is 0 Å². The van der Waals surface area contributed by atoms with E-state index in [-0.39, 0.29) is 18.2 Å². The number of piperazine rings is 1. The normalized spacial score (nSPS) is 22.1. The highest BCUT2D eigenvalue weighted by molar-refractivity contribution is 6.10. The molecule has 1 aliphatic carbocycles. The van der Waals surface area contributed by atoms with Crippen LogP contribution in [0.25, 0.3) is 0 Å². The van der Waals surface area contributed by atoms with Crippen LogP contribution in [0.1, 0.15) is 44.9 Å². The number of carbonyl (C=O) groups excluding carboxylic acids is 2. The molecule has 2 aliphatic rings. The van der Waals surface area contributed by atoms with Crippen LogP contribution in [0.2, 0.25) is 0 Å². The number of amides is 1. The molecule has 0 unspecified atom stereocenters. The van der Waals surface area contributed by atoms with Gasteiger partial charge in [-0.05, 0) is 26.8 Å². The minimum Gasteiger partial charge on any atom is -0.480 e. The van der Waals surface area contributed by atoms with Crippen LogP contribution >= 0.6 is 0 Å². The van der Waals surface area contributed by atoms with Gasteiger partial charge >= 0.3 is 5.97 Å². The van der Waals surface area contributed by atoms with Gasteiger partial charge in [-0.2, -0.15) is 0 Å². The molecule has 1 fully saturated rings. The lowest BCUT2D eigenvalue weighted by molar-refractivity contribution is -0.144. The average molecular weight is 319 g/mol. The predicted octanol–water partition coefficient (Wildman–Crippen LogP) is 0.683. The first kappa shape index (κ1) is 15.7. The lowest BCUT2D eigenvalue weighted by atomic mass is 9.92. The third-order valence-electron chi connectivity index (χ3n) is 4.81. The number of aryl methyl sites for hydroxylation is 2. The van der Waals surface area contributed by atoms with Crippen LogP contribution in [-0.2, 0) is 11.2 Å². The van der Waals surface area contributed by atoms with Crippen molar-refractivity contribution in [1.29, 1.82) is 0 Å². The number of nitrogens with one attached hydrogen (secondary N) is 1. The third kappa shape index (κ3) is 2.65. The summed E-state index contributed by atoms with van der Waals surface area (Å²) in [6.45, 7) is 2.90. The van der Waals surface area contributed by atoms with Gasteiger partial charge in [-0.15, -0.1) is 0 Å². The van der Waals surface area contributed by atoms with Gasteiger partial charge in [-0.3, -0.25) is 19.3 Å². The first-order valence-corrected chi connectivity index (χ1v) is 7.87. The fraction of sp³-hybridized carbons (Fsp3) is 0.562. The number of H-pyrrole nitrogens is 1. The Hall–Kier alpha value is -2.15. The molecule has 2 N–H and O–H groups in total. The molecule has 0 radical (unpaired) electrons. The zero-order valence-electron chi connectivity index (χ0n) is 13.4. The van der Waals surface area contributed by atoms with Crippen molar-refractivity contribution in [3.63, 3.8) is 0 Å². The maximum Gasteiger partial charge on any atom is 0.322 e. The van der Waals surface area contributed by atoms with Crippen molar-refractivity contribution >= 4 is 17.7 Å². The minimum absolute atomic E-state index is 0.00265.